The molecule has 147 valence electrons. The first-order valence-electron chi connectivity index (χ1n) is 8.09. The smallest absolute Gasteiger partial charge is 0.590 e. The molecule has 0 unspecified atom stereocenters. The number of methoxy groups -OCH3 is 1. The van der Waals surface area contributed by atoms with Crippen LogP contribution in [0.5, 0.6) is 11.5 Å². The third-order valence-corrected chi connectivity index (χ3v) is 3.44. The summed E-state index contributed by atoms with van der Waals surface area (Å²) in [4.78, 5) is 3.78. The number of nitrogens with zero attached hydrogens (tertiary/aromatic N) is 2. The number of hydrogen-bond donors (Lipinski definition) is 2. The summed E-state index contributed by atoms with van der Waals surface area (Å²) >= 11 is 5.13. The number of para-hydroxylation sites is 2. The fraction of sp³-hybridized carbons (Fsp3) is 0.0500. The molecule has 0 aliphatic carbocycles. The van der Waals surface area contributed by atoms with Crippen LogP contribution in [0.15, 0.2) is 84.2 Å². The number of anilines is 1. The summed E-state index contributed by atoms with van der Waals surface area (Å²) < 4.78 is 5.08. The maximum Gasteiger partial charge on any atom is 2.00 e. The maximum absolute atomic E-state index is 7.92. The summed E-state index contributed by atoms with van der Waals surface area (Å²) in [5.74, 6) is 0.788. The Morgan fingerprint density at radius 3 is 2.29 bits per heavy atom. The van der Waals surface area contributed by atoms with Crippen molar-refractivity contribution in [3.8, 4) is 11.5 Å². The van der Waals surface area contributed by atoms with E-state index in [2.05, 4.69) is 20.8 Å². The minimum atomic E-state index is 0. The van der Waals surface area contributed by atoms with Crippen molar-refractivity contribution < 1.29 is 26.9 Å². The molecule has 1 aromatic heterocycles. The average molecular weight is 445 g/mol. The number of nitrogens with one attached hydrogen (secondary N) is 2. The van der Waals surface area contributed by atoms with Gasteiger partial charge in [0, 0.05) is 18.1 Å². The van der Waals surface area contributed by atoms with Crippen LogP contribution in [0.2, 0.25) is 0 Å². The average Bonchev–Trinajstić information content (AvgIpc) is 2.72. The predicted octanol–water partition coefficient (Wildman–Crippen LogP) is 3.53. The second-order valence-electron chi connectivity index (χ2n) is 5.14. The summed E-state index contributed by atoms with van der Waals surface area (Å²) in [5.41, 5.74) is 4.24. The molecular formula is C20H21CuN4O2S+3. The van der Waals surface area contributed by atoms with Gasteiger partial charge < -0.3 is 15.2 Å². The van der Waals surface area contributed by atoms with Crippen molar-refractivity contribution in [3.05, 3.63) is 84.7 Å². The Labute approximate surface area is 180 Å². The van der Waals surface area contributed by atoms with Gasteiger partial charge in [0.2, 0.25) is 5.75 Å². The van der Waals surface area contributed by atoms with Crippen LogP contribution in [-0.4, -0.2) is 28.5 Å². The first-order chi connectivity index (χ1) is 13.2. The molecule has 0 bridgehead atoms. The Morgan fingerprint density at radius 2 is 1.71 bits per heavy atom. The molecule has 0 fully saturated rings. The van der Waals surface area contributed by atoms with Crippen molar-refractivity contribution in [2.24, 2.45) is 5.10 Å². The quantitative estimate of drug-likeness (QED) is 0.211. The van der Waals surface area contributed by atoms with E-state index in [1.54, 1.807) is 30.6 Å². The molecule has 28 heavy (non-hydrogen) atoms. The fourth-order valence-electron chi connectivity index (χ4n) is 1.98. The van der Waals surface area contributed by atoms with E-state index in [1.165, 1.54) is 13.3 Å². The molecule has 1 radical (unpaired) electrons. The zero-order valence-corrected chi connectivity index (χ0v) is 16.9. The minimum absolute atomic E-state index is 0. The zero-order chi connectivity index (χ0) is 19.3. The number of thiocarbonyl (C=S) groups is 1. The Balaban J connectivity index is 0.000000478. The predicted molar refractivity (Wildman–Crippen MR) is 114 cm³/mol. The van der Waals surface area contributed by atoms with Gasteiger partial charge in [0.05, 0.1) is 18.9 Å². The standard InChI is InChI=1S/C15H15N3O2S.C5H5N.Cu/c1-20-13-9-5-6-11(14(13)19)10-16-18-15(21)17-12-7-3-2-4-8-12;1-2-4-6-5-3-1;/h2-10,19H,1H3,(H2,17,18,21);1-5H;/q;;+2/p+1. The molecule has 0 saturated heterocycles. The summed E-state index contributed by atoms with van der Waals surface area (Å²) in [7, 11) is 1.53. The van der Waals surface area contributed by atoms with Gasteiger partial charge >= 0.3 is 22.8 Å². The van der Waals surface area contributed by atoms with Crippen LogP contribution in [0.25, 0.3) is 0 Å². The third kappa shape index (κ3) is 8.18. The minimum Gasteiger partial charge on any atom is -0.590 e. The molecule has 0 spiro atoms. The molecule has 0 aliphatic heterocycles. The van der Waals surface area contributed by atoms with E-state index in [0.29, 0.717) is 16.4 Å². The summed E-state index contributed by atoms with van der Waals surface area (Å²) in [5, 5.41) is 15.3. The van der Waals surface area contributed by atoms with E-state index < -0.39 is 0 Å². The second kappa shape index (κ2) is 13.3. The van der Waals surface area contributed by atoms with Crippen molar-refractivity contribution in [1.82, 2.24) is 10.4 Å². The van der Waals surface area contributed by atoms with Crippen LogP contribution in [0.1, 0.15) is 5.56 Å². The molecule has 4 N–H and O–H groups in total. The largest absolute Gasteiger partial charge is 2.00 e. The van der Waals surface area contributed by atoms with Gasteiger partial charge in [0.15, 0.2) is 5.11 Å². The number of benzene rings is 2. The number of hydrazone groups is 1. The molecule has 0 amide bonds. The number of ether oxygens (including phenoxy) is 1. The van der Waals surface area contributed by atoms with Gasteiger partial charge in [-0.1, -0.05) is 30.3 Å². The van der Waals surface area contributed by atoms with Crippen molar-refractivity contribution in [2.75, 3.05) is 12.4 Å². The first-order valence-corrected chi connectivity index (χ1v) is 8.50. The number of aromatic nitrogens is 1. The number of pyridine rings is 1. The molecule has 6 nitrogen and oxygen atoms in total. The SMILES string of the molecule is COc1cccc(C=NNC(=S)Nc2ccccc2)c1[OH2+].[Cu+2].c1ccncc1. The van der Waals surface area contributed by atoms with Gasteiger partial charge in [-0.3, -0.25) is 10.4 Å². The summed E-state index contributed by atoms with van der Waals surface area (Å²) in [6, 6.07) is 20.6. The van der Waals surface area contributed by atoms with Gasteiger partial charge in [-0.05, 0) is 48.6 Å². The third-order valence-electron chi connectivity index (χ3n) is 3.25. The molecule has 0 saturated carbocycles. The maximum atomic E-state index is 7.92. The van der Waals surface area contributed by atoms with Crippen LogP contribution in [-0.2, 0) is 17.1 Å². The summed E-state index contributed by atoms with van der Waals surface area (Å²) in [6.07, 6.45) is 5.03. The normalized spacial score (nSPS) is 9.46. The van der Waals surface area contributed by atoms with E-state index in [9.17, 15) is 0 Å². The van der Waals surface area contributed by atoms with Crippen LogP contribution in [0.3, 0.4) is 0 Å². The molecule has 1 heterocycles. The number of rotatable bonds is 4. The van der Waals surface area contributed by atoms with Crippen LogP contribution >= 0.6 is 12.2 Å². The Hall–Kier alpha value is -2.93. The second-order valence-corrected chi connectivity index (χ2v) is 5.55. The van der Waals surface area contributed by atoms with E-state index in [1.807, 2.05) is 48.5 Å². The molecule has 0 aliphatic rings. The molecular weight excluding hydrogens is 424 g/mol. The summed E-state index contributed by atoms with van der Waals surface area (Å²) in [6.45, 7) is 0. The molecule has 8 heteroatoms. The van der Waals surface area contributed by atoms with Crippen LogP contribution in [0.4, 0.5) is 5.69 Å². The molecule has 2 aromatic carbocycles. The van der Waals surface area contributed by atoms with Gasteiger partial charge in [-0.15, -0.1) is 0 Å². The van der Waals surface area contributed by atoms with Gasteiger partial charge in [0.25, 0.3) is 0 Å². The first kappa shape index (κ1) is 23.1. The molecule has 3 rings (SSSR count). The van der Waals surface area contributed by atoms with E-state index in [4.69, 9.17) is 22.1 Å². The van der Waals surface area contributed by atoms with E-state index in [0.717, 1.165) is 5.69 Å². The van der Waals surface area contributed by atoms with Crippen molar-refractivity contribution in [2.45, 2.75) is 0 Å². The topological polar surface area (TPSA) is 81.4 Å². The van der Waals surface area contributed by atoms with Gasteiger partial charge in [-0.2, -0.15) is 5.10 Å². The van der Waals surface area contributed by atoms with Gasteiger partial charge in [-0.25, -0.2) is 0 Å². The molecule has 3 aromatic rings. The molecule has 0 atom stereocenters. The van der Waals surface area contributed by atoms with Crippen molar-refractivity contribution >= 4 is 29.2 Å². The van der Waals surface area contributed by atoms with Crippen molar-refractivity contribution in [3.63, 3.8) is 0 Å². The monoisotopic (exact) mass is 444 g/mol. The Bertz CT molecular complexity index is 838. The Kier molecular flexibility index (Phi) is 11.0. The van der Waals surface area contributed by atoms with E-state index in [-0.39, 0.29) is 22.8 Å². The van der Waals surface area contributed by atoms with Crippen LogP contribution in [0, 0.1) is 0 Å². The fourth-order valence-corrected chi connectivity index (χ4v) is 2.15. The van der Waals surface area contributed by atoms with Crippen molar-refractivity contribution in [1.29, 1.82) is 0 Å². The van der Waals surface area contributed by atoms with Crippen LogP contribution < -0.4 is 15.5 Å². The zero-order valence-electron chi connectivity index (χ0n) is 15.1. The van der Waals surface area contributed by atoms with Gasteiger partial charge in [0.1, 0.15) is 0 Å². The van der Waals surface area contributed by atoms with E-state index >= 15 is 0 Å². The number of hydrogen-bond acceptors (Lipinski definition) is 4. The Morgan fingerprint density at radius 1 is 1.04 bits per heavy atom.